The van der Waals surface area contributed by atoms with E-state index in [-0.39, 0.29) is 0 Å². The van der Waals surface area contributed by atoms with Gasteiger partial charge in [-0.1, -0.05) is 22.6 Å². The molecule has 0 saturated carbocycles. The van der Waals surface area contributed by atoms with Crippen molar-refractivity contribution in [2.75, 3.05) is 4.43 Å². The molecule has 1 aromatic carbocycles. The summed E-state index contributed by atoms with van der Waals surface area (Å²) >= 11 is 2.32. The van der Waals surface area contributed by atoms with Gasteiger partial charge in [-0.15, -0.1) is 0 Å². The van der Waals surface area contributed by atoms with Gasteiger partial charge in [0.05, 0.1) is 11.6 Å². The zero-order valence-electron chi connectivity index (χ0n) is 6.96. The molecule has 0 aliphatic carbocycles. The molecule has 13 heavy (non-hydrogen) atoms. The van der Waals surface area contributed by atoms with E-state index in [0.717, 1.165) is 22.2 Å². The Kier molecular flexibility index (Phi) is 2.40. The van der Waals surface area contributed by atoms with Crippen LogP contribution >= 0.6 is 22.6 Å². The summed E-state index contributed by atoms with van der Waals surface area (Å²) in [7, 11) is 0. The Balaban J connectivity index is 2.32. The number of fused-ring (bicyclic) bond motifs is 1. The van der Waals surface area contributed by atoms with E-state index in [2.05, 4.69) is 28.7 Å². The monoisotopic (exact) mass is 285 g/mol. The van der Waals surface area contributed by atoms with Gasteiger partial charge in [0.2, 0.25) is 0 Å². The molecular weight excluding hydrogens is 277 g/mol. The minimum Gasteiger partial charge on any atom is -0.489 e. The van der Waals surface area contributed by atoms with E-state index < -0.39 is 0 Å². The minimum absolute atomic E-state index is 0.296. The fraction of sp³-hybridized carbons (Fsp3) is 0.300. The summed E-state index contributed by atoms with van der Waals surface area (Å²) in [5.74, 6) is 0.945. The molecule has 0 radical (unpaired) electrons. The van der Waals surface area contributed by atoms with Crippen molar-refractivity contribution in [1.82, 2.24) is 0 Å². The smallest absolute Gasteiger partial charge is 0.123 e. The Labute approximate surface area is 90.7 Å². The molecule has 0 amide bonds. The van der Waals surface area contributed by atoms with Crippen molar-refractivity contribution in [3.63, 3.8) is 0 Å². The van der Waals surface area contributed by atoms with E-state index in [0.29, 0.717) is 6.10 Å². The first-order chi connectivity index (χ1) is 6.33. The van der Waals surface area contributed by atoms with E-state index >= 15 is 0 Å². The number of nitriles is 1. The third-order valence-corrected chi connectivity index (χ3v) is 3.09. The molecule has 1 heterocycles. The van der Waals surface area contributed by atoms with Crippen molar-refractivity contribution in [3.05, 3.63) is 29.3 Å². The molecule has 0 fully saturated rings. The summed E-state index contributed by atoms with van der Waals surface area (Å²) < 4.78 is 6.63. The minimum atomic E-state index is 0.296. The van der Waals surface area contributed by atoms with Crippen LogP contribution in [0.3, 0.4) is 0 Å². The third-order valence-electron chi connectivity index (χ3n) is 2.10. The highest BCUT2D eigenvalue weighted by atomic mass is 127. The molecule has 1 aromatic rings. The van der Waals surface area contributed by atoms with Crippen LogP contribution in [0.1, 0.15) is 11.1 Å². The van der Waals surface area contributed by atoms with E-state index in [9.17, 15) is 0 Å². The van der Waals surface area contributed by atoms with Crippen molar-refractivity contribution in [2.45, 2.75) is 12.5 Å². The third kappa shape index (κ3) is 1.63. The SMILES string of the molecule is N#Cc1ccc2c(c1)C[C@@H](CI)O2. The van der Waals surface area contributed by atoms with Crippen LogP contribution < -0.4 is 4.74 Å². The topological polar surface area (TPSA) is 33.0 Å². The van der Waals surface area contributed by atoms with Crippen molar-refractivity contribution in [3.8, 4) is 11.8 Å². The Hall–Kier alpha value is -0.760. The Morgan fingerprint density at radius 3 is 3.15 bits per heavy atom. The Morgan fingerprint density at radius 1 is 1.62 bits per heavy atom. The summed E-state index contributed by atoms with van der Waals surface area (Å²) in [6.45, 7) is 0. The zero-order valence-corrected chi connectivity index (χ0v) is 9.11. The lowest BCUT2D eigenvalue weighted by Gasteiger charge is -2.04. The standard InChI is InChI=1S/C10H8INO/c11-5-9-4-8-3-7(6-12)1-2-10(8)13-9/h1-3,9H,4-5H2/t9-/m0/s1. The van der Waals surface area contributed by atoms with Gasteiger partial charge in [-0.25, -0.2) is 0 Å². The summed E-state index contributed by atoms with van der Waals surface area (Å²) in [6.07, 6.45) is 1.23. The van der Waals surface area contributed by atoms with Crippen molar-refractivity contribution >= 4 is 22.6 Å². The molecule has 0 bridgehead atoms. The molecule has 0 N–H and O–H groups in total. The van der Waals surface area contributed by atoms with E-state index in [1.807, 2.05) is 12.1 Å². The number of ether oxygens (including phenoxy) is 1. The van der Waals surface area contributed by atoms with Crippen molar-refractivity contribution in [1.29, 1.82) is 5.26 Å². The van der Waals surface area contributed by atoms with Crippen LogP contribution in [-0.2, 0) is 6.42 Å². The highest BCUT2D eigenvalue weighted by Crippen LogP contribution is 2.29. The molecule has 1 atom stereocenters. The van der Waals surface area contributed by atoms with E-state index in [1.165, 1.54) is 5.56 Å². The fourth-order valence-corrected chi connectivity index (χ4v) is 1.97. The molecule has 0 aromatic heterocycles. The lowest BCUT2D eigenvalue weighted by molar-refractivity contribution is 0.262. The van der Waals surface area contributed by atoms with Gasteiger partial charge in [0.1, 0.15) is 11.9 Å². The van der Waals surface area contributed by atoms with Gasteiger partial charge in [-0.05, 0) is 23.8 Å². The highest BCUT2D eigenvalue weighted by molar-refractivity contribution is 14.1. The van der Waals surface area contributed by atoms with Crippen LogP contribution in [-0.4, -0.2) is 10.5 Å². The summed E-state index contributed by atoms with van der Waals surface area (Å²) in [6, 6.07) is 7.74. The Bertz CT molecular complexity index is 370. The Morgan fingerprint density at radius 2 is 2.46 bits per heavy atom. The molecule has 1 aliphatic rings. The molecule has 3 heteroatoms. The number of hydrogen-bond donors (Lipinski definition) is 0. The molecule has 1 aliphatic heterocycles. The first-order valence-electron chi connectivity index (χ1n) is 4.09. The average Bonchev–Trinajstić information content (AvgIpc) is 2.58. The number of nitrogens with zero attached hydrogens (tertiary/aromatic N) is 1. The largest absolute Gasteiger partial charge is 0.489 e. The van der Waals surface area contributed by atoms with Gasteiger partial charge in [-0.3, -0.25) is 0 Å². The van der Waals surface area contributed by atoms with Gasteiger partial charge in [-0.2, -0.15) is 5.26 Å². The number of hydrogen-bond acceptors (Lipinski definition) is 2. The first-order valence-corrected chi connectivity index (χ1v) is 5.61. The number of halogens is 1. The quantitative estimate of drug-likeness (QED) is 0.586. The molecule has 0 saturated heterocycles. The van der Waals surface area contributed by atoms with Crippen LogP contribution in [0.15, 0.2) is 18.2 Å². The molecule has 66 valence electrons. The van der Waals surface area contributed by atoms with E-state index in [1.54, 1.807) is 6.07 Å². The second-order valence-corrected chi connectivity index (χ2v) is 3.91. The highest BCUT2D eigenvalue weighted by Gasteiger charge is 2.21. The summed E-state index contributed by atoms with van der Waals surface area (Å²) in [4.78, 5) is 0. The van der Waals surface area contributed by atoms with E-state index in [4.69, 9.17) is 10.00 Å². The van der Waals surface area contributed by atoms with Crippen LogP contribution in [0.4, 0.5) is 0 Å². The van der Waals surface area contributed by atoms with Gasteiger partial charge < -0.3 is 4.74 Å². The second kappa shape index (κ2) is 3.54. The average molecular weight is 285 g/mol. The lowest BCUT2D eigenvalue weighted by atomic mass is 10.1. The van der Waals surface area contributed by atoms with Crippen LogP contribution in [0, 0.1) is 11.3 Å². The number of rotatable bonds is 1. The first kappa shape index (κ1) is 8.82. The molecule has 2 nitrogen and oxygen atoms in total. The maximum atomic E-state index is 8.70. The maximum Gasteiger partial charge on any atom is 0.123 e. The van der Waals surface area contributed by atoms with Crippen LogP contribution in [0.25, 0.3) is 0 Å². The summed E-state index contributed by atoms with van der Waals surface area (Å²) in [5, 5.41) is 8.70. The number of alkyl halides is 1. The van der Waals surface area contributed by atoms with Gasteiger partial charge in [0.25, 0.3) is 0 Å². The lowest BCUT2D eigenvalue weighted by Crippen LogP contribution is -2.13. The van der Waals surface area contributed by atoms with Crippen LogP contribution in [0.5, 0.6) is 5.75 Å². The van der Waals surface area contributed by atoms with Gasteiger partial charge in [0, 0.05) is 10.8 Å². The molecule has 0 spiro atoms. The predicted molar refractivity (Wildman–Crippen MR) is 58.2 cm³/mol. The van der Waals surface area contributed by atoms with Gasteiger partial charge in [0.15, 0.2) is 0 Å². The van der Waals surface area contributed by atoms with Gasteiger partial charge >= 0.3 is 0 Å². The van der Waals surface area contributed by atoms with Crippen molar-refractivity contribution < 1.29 is 4.74 Å². The molecular formula is C10H8INO. The van der Waals surface area contributed by atoms with Crippen LogP contribution in [0.2, 0.25) is 0 Å². The number of benzene rings is 1. The predicted octanol–water partition coefficient (Wildman–Crippen LogP) is 2.30. The molecule has 0 unspecified atom stereocenters. The zero-order chi connectivity index (χ0) is 9.26. The maximum absolute atomic E-state index is 8.70. The fourth-order valence-electron chi connectivity index (χ4n) is 1.48. The normalized spacial score (nSPS) is 18.9. The molecule has 2 rings (SSSR count). The van der Waals surface area contributed by atoms with Crippen molar-refractivity contribution in [2.24, 2.45) is 0 Å². The second-order valence-electron chi connectivity index (χ2n) is 3.03. The summed E-state index contributed by atoms with van der Waals surface area (Å²) in [5.41, 5.74) is 1.89.